The summed E-state index contributed by atoms with van der Waals surface area (Å²) in [5.41, 5.74) is 0. The van der Waals surface area contributed by atoms with Crippen molar-refractivity contribution in [2.24, 2.45) is 0 Å². The van der Waals surface area contributed by atoms with Crippen molar-refractivity contribution in [3.05, 3.63) is 0 Å². The van der Waals surface area contributed by atoms with E-state index in [0.29, 0.717) is 13.2 Å². The average molecular weight is 132 g/mol. The standard InChI is InChI=1S/C2H4O3Si2/c1-2-4-7-5-6-3-1/h1-2H2. The highest BCUT2D eigenvalue weighted by Crippen LogP contribution is 1.81. The van der Waals surface area contributed by atoms with Crippen LogP contribution in [0, 0.1) is 0 Å². The molecule has 0 amide bonds. The van der Waals surface area contributed by atoms with Crippen molar-refractivity contribution >= 4 is 20.0 Å². The fourth-order valence-corrected chi connectivity index (χ4v) is 1.18. The second-order valence-electron chi connectivity index (χ2n) is 0.966. The first-order valence-corrected chi connectivity index (χ1v) is 3.53. The van der Waals surface area contributed by atoms with Gasteiger partial charge in [-0.25, -0.2) is 0 Å². The smallest absolute Gasteiger partial charge is 0.411 e. The normalized spacial score (nSPS) is 24.0. The van der Waals surface area contributed by atoms with Crippen molar-refractivity contribution < 1.29 is 13.0 Å². The third-order valence-corrected chi connectivity index (χ3v) is 1.80. The predicted octanol–water partition coefficient (Wildman–Crippen LogP) is -0.882. The highest BCUT2D eigenvalue weighted by molar-refractivity contribution is 6.34. The summed E-state index contributed by atoms with van der Waals surface area (Å²) in [6.45, 7) is 1.34. The van der Waals surface area contributed by atoms with E-state index in [1.807, 2.05) is 0 Å². The zero-order valence-electron chi connectivity index (χ0n) is 3.64. The Morgan fingerprint density at radius 2 is 1.57 bits per heavy atom. The van der Waals surface area contributed by atoms with Crippen molar-refractivity contribution in [2.75, 3.05) is 13.2 Å². The molecule has 0 aromatic heterocycles. The molecule has 0 N–H and O–H groups in total. The lowest BCUT2D eigenvalue weighted by atomic mass is 10.8. The van der Waals surface area contributed by atoms with Crippen LogP contribution in [0.15, 0.2) is 0 Å². The molecule has 0 aliphatic carbocycles. The number of hydrogen-bond donors (Lipinski definition) is 0. The zero-order valence-corrected chi connectivity index (χ0v) is 5.64. The second kappa shape index (κ2) is 3.33. The monoisotopic (exact) mass is 132 g/mol. The summed E-state index contributed by atoms with van der Waals surface area (Å²) in [6, 6.07) is 0. The van der Waals surface area contributed by atoms with Crippen LogP contribution < -0.4 is 0 Å². The summed E-state index contributed by atoms with van der Waals surface area (Å²) in [5, 5.41) is 0. The Morgan fingerprint density at radius 1 is 1.00 bits per heavy atom. The molecule has 38 valence electrons. The van der Waals surface area contributed by atoms with Crippen LogP contribution in [-0.2, 0) is 13.0 Å². The highest BCUT2D eigenvalue weighted by Gasteiger charge is 2.01. The first-order chi connectivity index (χ1) is 3.50. The lowest BCUT2D eigenvalue weighted by Crippen LogP contribution is -2.03. The van der Waals surface area contributed by atoms with Gasteiger partial charge in [0, 0.05) is 0 Å². The molecule has 1 rings (SSSR count). The van der Waals surface area contributed by atoms with Crippen molar-refractivity contribution in [3.8, 4) is 0 Å². The molecule has 0 saturated carbocycles. The summed E-state index contributed by atoms with van der Waals surface area (Å²) in [5.74, 6) is 0. The minimum absolute atomic E-state index is 0.182. The molecule has 1 aliphatic heterocycles. The van der Waals surface area contributed by atoms with Crippen LogP contribution >= 0.6 is 0 Å². The summed E-state index contributed by atoms with van der Waals surface area (Å²) < 4.78 is 14.6. The number of rotatable bonds is 0. The van der Waals surface area contributed by atoms with Crippen LogP contribution in [0.25, 0.3) is 0 Å². The van der Waals surface area contributed by atoms with Gasteiger partial charge in [0.15, 0.2) is 0 Å². The zero-order chi connectivity index (χ0) is 4.95. The maximum absolute atomic E-state index is 4.88. The summed E-state index contributed by atoms with van der Waals surface area (Å²) in [6.07, 6.45) is 0. The van der Waals surface area contributed by atoms with Gasteiger partial charge in [-0.3, -0.25) is 0 Å². The SMILES string of the molecule is C1CO[Si]O[Si]O1. The van der Waals surface area contributed by atoms with Gasteiger partial charge in [0.05, 0.1) is 13.2 Å². The molecule has 0 spiro atoms. The Kier molecular flexibility index (Phi) is 2.60. The van der Waals surface area contributed by atoms with Gasteiger partial charge in [0.2, 0.25) is 0 Å². The molecule has 0 atom stereocenters. The summed E-state index contributed by atoms with van der Waals surface area (Å²) >= 11 is 0. The van der Waals surface area contributed by atoms with E-state index in [2.05, 4.69) is 0 Å². The molecule has 4 radical (unpaired) electrons. The van der Waals surface area contributed by atoms with Gasteiger partial charge < -0.3 is 13.0 Å². The van der Waals surface area contributed by atoms with Crippen molar-refractivity contribution in [3.63, 3.8) is 0 Å². The van der Waals surface area contributed by atoms with Crippen LogP contribution in [0.4, 0.5) is 0 Å². The summed E-state index contributed by atoms with van der Waals surface area (Å²) in [4.78, 5) is 0. The third kappa shape index (κ3) is 2.20. The maximum Gasteiger partial charge on any atom is 0.423 e. The van der Waals surface area contributed by atoms with Crippen LogP contribution in [-0.4, -0.2) is 33.2 Å². The van der Waals surface area contributed by atoms with E-state index < -0.39 is 0 Å². The van der Waals surface area contributed by atoms with E-state index in [9.17, 15) is 0 Å². The topological polar surface area (TPSA) is 27.7 Å². The van der Waals surface area contributed by atoms with Crippen LogP contribution in [0.1, 0.15) is 0 Å². The predicted molar refractivity (Wildman–Crippen MR) is 24.5 cm³/mol. The quantitative estimate of drug-likeness (QED) is 0.401. The molecule has 0 aromatic carbocycles. The second-order valence-corrected chi connectivity index (χ2v) is 2.69. The molecule has 1 aliphatic rings. The van der Waals surface area contributed by atoms with Crippen LogP contribution in [0.3, 0.4) is 0 Å². The van der Waals surface area contributed by atoms with Crippen molar-refractivity contribution in [1.29, 1.82) is 0 Å². The lowest BCUT2D eigenvalue weighted by Gasteiger charge is -1.88. The van der Waals surface area contributed by atoms with Gasteiger partial charge in [-0.15, -0.1) is 0 Å². The number of hydrogen-bond acceptors (Lipinski definition) is 3. The Morgan fingerprint density at radius 3 is 2.14 bits per heavy atom. The van der Waals surface area contributed by atoms with E-state index in [1.54, 1.807) is 0 Å². The van der Waals surface area contributed by atoms with Crippen molar-refractivity contribution in [1.82, 2.24) is 0 Å². The van der Waals surface area contributed by atoms with Crippen LogP contribution in [0.5, 0.6) is 0 Å². The maximum atomic E-state index is 4.88. The van der Waals surface area contributed by atoms with E-state index in [-0.39, 0.29) is 20.0 Å². The Balaban J connectivity index is 2.04. The van der Waals surface area contributed by atoms with Gasteiger partial charge in [0.25, 0.3) is 0 Å². The van der Waals surface area contributed by atoms with Crippen molar-refractivity contribution in [2.45, 2.75) is 0 Å². The molecule has 1 heterocycles. The highest BCUT2D eigenvalue weighted by atomic mass is 28.3. The molecule has 0 bridgehead atoms. The van der Waals surface area contributed by atoms with Crippen LogP contribution in [0.2, 0.25) is 0 Å². The Labute approximate surface area is 47.1 Å². The molecule has 1 fully saturated rings. The van der Waals surface area contributed by atoms with Gasteiger partial charge in [-0.05, 0) is 0 Å². The Bertz CT molecular complexity index is 30.5. The first kappa shape index (κ1) is 5.45. The molecule has 1 saturated heterocycles. The lowest BCUT2D eigenvalue weighted by molar-refractivity contribution is 0.242. The third-order valence-electron chi connectivity index (χ3n) is 0.489. The minimum Gasteiger partial charge on any atom is -0.411 e. The molecule has 0 aromatic rings. The van der Waals surface area contributed by atoms with Gasteiger partial charge in [0.1, 0.15) is 0 Å². The van der Waals surface area contributed by atoms with E-state index in [0.717, 1.165) is 0 Å². The molecule has 7 heavy (non-hydrogen) atoms. The fourth-order valence-electron chi connectivity index (χ4n) is 0.243. The molecular weight excluding hydrogens is 128 g/mol. The van der Waals surface area contributed by atoms with Gasteiger partial charge >= 0.3 is 20.0 Å². The largest absolute Gasteiger partial charge is 0.423 e. The first-order valence-electron chi connectivity index (χ1n) is 1.89. The van der Waals surface area contributed by atoms with E-state index in [4.69, 9.17) is 13.0 Å². The Hall–Kier alpha value is 0.314. The van der Waals surface area contributed by atoms with Gasteiger partial charge in [-0.1, -0.05) is 0 Å². The van der Waals surface area contributed by atoms with Gasteiger partial charge in [-0.2, -0.15) is 0 Å². The fraction of sp³-hybridized carbons (Fsp3) is 1.00. The minimum atomic E-state index is 0.182. The summed E-state index contributed by atoms with van der Waals surface area (Å²) in [7, 11) is 0.364. The van der Waals surface area contributed by atoms with E-state index in [1.165, 1.54) is 0 Å². The average Bonchev–Trinajstić information content (AvgIpc) is 1.90. The molecular formula is C2H4O3Si2. The molecule has 0 unspecified atom stereocenters. The van der Waals surface area contributed by atoms with E-state index >= 15 is 0 Å². The molecule has 3 nitrogen and oxygen atoms in total. The molecule has 5 heteroatoms.